The van der Waals surface area contributed by atoms with Crippen LogP contribution in [0.15, 0.2) is 39.5 Å². The van der Waals surface area contributed by atoms with Crippen LogP contribution in [0.4, 0.5) is 5.88 Å². The highest BCUT2D eigenvalue weighted by Crippen LogP contribution is 2.38. The highest BCUT2D eigenvalue weighted by atomic mass is 16.5. The van der Waals surface area contributed by atoms with E-state index < -0.39 is 0 Å². The number of benzene rings is 1. The second-order valence-corrected chi connectivity index (χ2v) is 5.00. The predicted octanol–water partition coefficient (Wildman–Crippen LogP) is 4.11. The summed E-state index contributed by atoms with van der Waals surface area (Å²) in [6.45, 7) is 6.11. The fourth-order valence-electron chi connectivity index (χ4n) is 2.25. The Labute approximate surface area is 117 Å². The van der Waals surface area contributed by atoms with Gasteiger partial charge in [0.2, 0.25) is 5.88 Å². The maximum absolute atomic E-state index is 5.95. The standard InChI is InChI=1S/C16H16N2O2/c1-9-4-5-12(8-11(9)3)13-14(18-20-16(13)17)15-10(2)6-7-19-15/h4-8H,17H2,1-3H3. The molecule has 0 amide bonds. The van der Waals surface area contributed by atoms with Gasteiger partial charge in [-0.05, 0) is 49.1 Å². The van der Waals surface area contributed by atoms with E-state index in [1.165, 1.54) is 11.1 Å². The van der Waals surface area contributed by atoms with E-state index in [-0.39, 0.29) is 0 Å². The summed E-state index contributed by atoms with van der Waals surface area (Å²) in [5.74, 6) is 0.998. The molecule has 0 aliphatic rings. The van der Waals surface area contributed by atoms with Gasteiger partial charge in [0.25, 0.3) is 0 Å². The second kappa shape index (κ2) is 4.56. The molecule has 0 fully saturated rings. The van der Waals surface area contributed by atoms with Crippen molar-refractivity contribution < 1.29 is 8.94 Å². The van der Waals surface area contributed by atoms with E-state index in [2.05, 4.69) is 31.1 Å². The van der Waals surface area contributed by atoms with Gasteiger partial charge in [0.1, 0.15) is 0 Å². The van der Waals surface area contributed by atoms with Crippen LogP contribution in [-0.2, 0) is 0 Å². The quantitative estimate of drug-likeness (QED) is 0.759. The van der Waals surface area contributed by atoms with Crippen LogP contribution in [-0.4, -0.2) is 5.16 Å². The van der Waals surface area contributed by atoms with Gasteiger partial charge >= 0.3 is 0 Å². The summed E-state index contributed by atoms with van der Waals surface area (Å²) >= 11 is 0. The normalized spacial score (nSPS) is 10.9. The average molecular weight is 268 g/mol. The predicted molar refractivity (Wildman–Crippen MR) is 78.3 cm³/mol. The Balaban J connectivity index is 2.21. The van der Waals surface area contributed by atoms with Crippen molar-refractivity contribution in [2.75, 3.05) is 5.73 Å². The summed E-state index contributed by atoms with van der Waals surface area (Å²) in [5, 5.41) is 4.05. The van der Waals surface area contributed by atoms with Crippen LogP contribution in [0, 0.1) is 20.8 Å². The molecule has 20 heavy (non-hydrogen) atoms. The van der Waals surface area contributed by atoms with Crippen LogP contribution >= 0.6 is 0 Å². The highest BCUT2D eigenvalue weighted by Gasteiger charge is 2.21. The third-order valence-corrected chi connectivity index (χ3v) is 3.59. The molecule has 102 valence electrons. The zero-order chi connectivity index (χ0) is 14.3. The molecule has 0 atom stereocenters. The maximum Gasteiger partial charge on any atom is 0.230 e. The van der Waals surface area contributed by atoms with Crippen LogP contribution in [0.1, 0.15) is 16.7 Å². The van der Waals surface area contributed by atoms with E-state index in [0.29, 0.717) is 17.3 Å². The first-order valence-electron chi connectivity index (χ1n) is 6.45. The molecule has 3 rings (SSSR count). The van der Waals surface area contributed by atoms with Crippen molar-refractivity contribution in [2.45, 2.75) is 20.8 Å². The van der Waals surface area contributed by atoms with E-state index in [0.717, 1.165) is 16.7 Å². The van der Waals surface area contributed by atoms with Crippen LogP contribution in [0.3, 0.4) is 0 Å². The summed E-state index contributed by atoms with van der Waals surface area (Å²) in [7, 11) is 0. The third kappa shape index (κ3) is 1.90. The lowest BCUT2D eigenvalue weighted by Gasteiger charge is -2.05. The lowest BCUT2D eigenvalue weighted by Crippen LogP contribution is -1.90. The molecule has 1 aromatic carbocycles. The van der Waals surface area contributed by atoms with Gasteiger partial charge in [-0.1, -0.05) is 23.4 Å². The van der Waals surface area contributed by atoms with Crippen molar-refractivity contribution >= 4 is 5.88 Å². The van der Waals surface area contributed by atoms with Crippen molar-refractivity contribution in [1.82, 2.24) is 5.16 Å². The molecule has 4 heteroatoms. The molecular formula is C16H16N2O2. The number of rotatable bonds is 2. The maximum atomic E-state index is 5.95. The zero-order valence-corrected chi connectivity index (χ0v) is 11.7. The van der Waals surface area contributed by atoms with E-state index in [4.69, 9.17) is 14.7 Å². The van der Waals surface area contributed by atoms with E-state index in [9.17, 15) is 0 Å². The molecule has 0 radical (unpaired) electrons. The Hall–Kier alpha value is -2.49. The first-order valence-corrected chi connectivity index (χ1v) is 6.45. The molecule has 2 heterocycles. The van der Waals surface area contributed by atoms with Crippen molar-refractivity contribution in [2.24, 2.45) is 0 Å². The van der Waals surface area contributed by atoms with Crippen molar-refractivity contribution in [3.63, 3.8) is 0 Å². The lowest BCUT2D eigenvalue weighted by molar-refractivity contribution is 0.435. The smallest absolute Gasteiger partial charge is 0.230 e. The van der Waals surface area contributed by atoms with Gasteiger partial charge in [-0.25, -0.2) is 0 Å². The van der Waals surface area contributed by atoms with Gasteiger partial charge in [0, 0.05) is 0 Å². The van der Waals surface area contributed by atoms with Gasteiger partial charge in [0.05, 0.1) is 11.8 Å². The monoisotopic (exact) mass is 268 g/mol. The third-order valence-electron chi connectivity index (χ3n) is 3.59. The topological polar surface area (TPSA) is 65.2 Å². The van der Waals surface area contributed by atoms with Crippen molar-refractivity contribution in [3.8, 4) is 22.6 Å². The second-order valence-electron chi connectivity index (χ2n) is 5.00. The molecule has 0 unspecified atom stereocenters. The van der Waals surface area contributed by atoms with Gasteiger partial charge < -0.3 is 14.7 Å². The van der Waals surface area contributed by atoms with Crippen LogP contribution in [0.2, 0.25) is 0 Å². The zero-order valence-electron chi connectivity index (χ0n) is 11.7. The highest BCUT2D eigenvalue weighted by molar-refractivity contribution is 5.86. The molecule has 0 aliphatic heterocycles. The minimum atomic E-state index is 0.305. The fourth-order valence-corrected chi connectivity index (χ4v) is 2.25. The fraction of sp³-hybridized carbons (Fsp3) is 0.188. The summed E-state index contributed by atoms with van der Waals surface area (Å²) in [6, 6.07) is 8.06. The molecule has 0 bridgehead atoms. The number of hydrogen-bond donors (Lipinski definition) is 1. The van der Waals surface area contributed by atoms with E-state index in [1.807, 2.05) is 19.1 Å². The molecule has 2 N–H and O–H groups in total. The number of hydrogen-bond acceptors (Lipinski definition) is 4. The minimum absolute atomic E-state index is 0.305. The Morgan fingerprint density at radius 1 is 1.00 bits per heavy atom. The largest absolute Gasteiger partial charge is 0.462 e. The van der Waals surface area contributed by atoms with Crippen molar-refractivity contribution in [1.29, 1.82) is 0 Å². The minimum Gasteiger partial charge on any atom is -0.462 e. The van der Waals surface area contributed by atoms with Crippen molar-refractivity contribution in [3.05, 3.63) is 47.2 Å². The Bertz CT molecular complexity index is 769. The van der Waals surface area contributed by atoms with Gasteiger partial charge in [-0.2, -0.15) is 0 Å². The number of anilines is 1. The molecule has 4 nitrogen and oxygen atoms in total. The SMILES string of the molecule is Cc1ccc(-c2c(-c3occc3C)noc2N)cc1C. The Morgan fingerprint density at radius 2 is 1.80 bits per heavy atom. The number of aromatic nitrogens is 1. The number of furan rings is 1. The Kier molecular flexibility index (Phi) is 2.86. The van der Waals surface area contributed by atoms with E-state index >= 15 is 0 Å². The summed E-state index contributed by atoms with van der Waals surface area (Å²) in [6.07, 6.45) is 1.64. The first-order chi connectivity index (χ1) is 9.58. The van der Waals surface area contributed by atoms with Crippen LogP contribution < -0.4 is 5.73 Å². The average Bonchev–Trinajstić information content (AvgIpc) is 2.99. The molecule has 0 saturated carbocycles. The van der Waals surface area contributed by atoms with E-state index in [1.54, 1.807) is 6.26 Å². The molecule has 0 aliphatic carbocycles. The summed E-state index contributed by atoms with van der Waals surface area (Å²) in [5.41, 5.74) is 11.8. The van der Waals surface area contributed by atoms with Gasteiger partial charge in [-0.15, -0.1) is 0 Å². The summed E-state index contributed by atoms with van der Waals surface area (Å²) in [4.78, 5) is 0. The molecular weight excluding hydrogens is 252 g/mol. The molecule has 2 aromatic heterocycles. The molecule has 0 spiro atoms. The van der Waals surface area contributed by atoms with Gasteiger partial charge in [0.15, 0.2) is 11.5 Å². The molecule has 3 aromatic rings. The Morgan fingerprint density at radius 3 is 2.45 bits per heavy atom. The lowest BCUT2D eigenvalue weighted by atomic mass is 9.99. The molecule has 0 saturated heterocycles. The van der Waals surface area contributed by atoms with Crippen LogP contribution in [0.5, 0.6) is 0 Å². The number of nitrogens with two attached hydrogens (primary N) is 1. The first kappa shape index (κ1) is 12.5. The summed E-state index contributed by atoms with van der Waals surface area (Å²) < 4.78 is 10.7. The van der Waals surface area contributed by atoms with Gasteiger partial charge in [-0.3, -0.25) is 0 Å². The number of aryl methyl sites for hydroxylation is 3. The number of nitrogen functional groups attached to an aromatic ring is 1. The van der Waals surface area contributed by atoms with Crippen LogP contribution in [0.25, 0.3) is 22.6 Å². The number of nitrogens with zero attached hydrogens (tertiary/aromatic N) is 1.